The Bertz CT molecular complexity index is 1570. The third-order valence-corrected chi connectivity index (χ3v) is 8.05. The molecule has 0 bridgehead atoms. The molecule has 2 aliphatic rings. The molecule has 0 saturated heterocycles. The smallest absolute Gasteiger partial charge is 0.358 e. The summed E-state index contributed by atoms with van der Waals surface area (Å²) in [6.07, 6.45) is 5.71. The van der Waals surface area contributed by atoms with E-state index >= 15 is 0 Å². The van der Waals surface area contributed by atoms with Gasteiger partial charge in [0.15, 0.2) is 11.6 Å². The number of aromatic nitrogens is 5. The van der Waals surface area contributed by atoms with Crippen molar-refractivity contribution in [2.24, 2.45) is 0 Å². The van der Waals surface area contributed by atoms with Crippen LogP contribution >= 0.6 is 0 Å². The van der Waals surface area contributed by atoms with E-state index in [9.17, 15) is 22.4 Å². The minimum atomic E-state index is -4.46. The molecule has 12 heteroatoms. The first-order valence-corrected chi connectivity index (χ1v) is 13.6. The SMILES string of the molecule is Cc1nn(C2CCCC2)cc1Cc1ncc(-c2ccc(CC(=O)Nc3cc(C4(C(F)(F)F)CC4)on3)c(F)c2)cn1. The monoisotopic (exact) mass is 568 g/mol. The number of amides is 1. The zero-order valence-electron chi connectivity index (χ0n) is 22.3. The van der Waals surface area contributed by atoms with E-state index in [-0.39, 0.29) is 36.4 Å². The number of benzene rings is 1. The summed E-state index contributed by atoms with van der Waals surface area (Å²) in [6, 6.07) is 5.97. The van der Waals surface area contributed by atoms with Gasteiger partial charge in [-0.25, -0.2) is 14.4 Å². The van der Waals surface area contributed by atoms with Crippen LogP contribution in [-0.2, 0) is 23.1 Å². The highest BCUT2D eigenvalue weighted by atomic mass is 19.4. The second-order valence-corrected chi connectivity index (χ2v) is 10.9. The van der Waals surface area contributed by atoms with Gasteiger partial charge in [-0.05, 0) is 49.8 Å². The lowest BCUT2D eigenvalue weighted by molar-refractivity contribution is -0.165. The Hall–Kier alpha value is -4.09. The highest BCUT2D eigenvalue weighted by Crippen LogP contribution is 2.59. The Morgan fingerprint density at radius 1 is 1.10 bits per heavy atom. The number of aryl methyl sites for hydroxylation is 1. The van der Waals surface area contributed by atoms with Gasteiger partial charge >= 0.3 is 6.18 Å². The fourth-order valence-electron chi connectivity index (χ4n) is 5.40. The van der Waals surface area contributed by atoms with E-state index in [2.05, 4.69) is 36.4 Å². The van der Waals surface area contributed by atoms with Crippen LogP contribution in [0.15, 0.2) is 47.4 Å². The van der Waals surface area contributed by atoms with Crippen molar-refractivity contribution in [2.45, 2.75) is 75.9 Å². The Morgan fingerprint density at radius 3 is 2.49 bits per heavy atom. The molecule has 3 heterocycles. The summed E-state index contributed by atoms with van der Waals surface area (Å²) in [6.45, 7) is 1.99. The van der Waals surface area contributed by atoms with E-state index < -0.39 is 23.3 Å². The van der Waals surface area contributed by atoms with E-state index in [4.69, 9.17) is 4.52 Å². The van der Waals surface area contributed by atoms with E-state index in [1.807, 2.05) is 6.92 Å². The van der Waals surface area contributed by atoms with Crippen LogP contribution in [0.5, 0.6) is 0 Å². The predicted molar refractivity (Wildman–Crippen MR) is 141 cm³/mol. The molecule has 2 fully saturated rings. The molecule has 0 radical (unpaired) electrons. The summed E-state index contributed by atoms with van der Waals surface area (Å²) in [5, 5.41) is 10.6. The topological polar surface area (TPSA) is 98.7 Å². The van der Waals surface area contributed by atoms with Crippen LogP contribution in [0.2, 0.25) is 0 Å². The highest BCUT2D eigenvalue weighted by molar-refractivity contribution is 5.91. The van der Waals surface area contributed by atoms with E-state index in [0.29, 0.717) is 29.4 Å². The fourth-order valence-corrected chi connectivity index (χ4v) is 5.40. The molecule has 41 heavy (non-hydrogen) atoms. The van der Waals surface area contributed by atoms with Crippen molar-refractivity contribution in [1.82, 2.24) is 24.9 Å². The molecule has 0 spiro atoms. The second kappa shape index (κ2) is 10.4. The molecule has 2 aliphatic carbocycles. The van der Waals surface area contributed by atoms with Gasteiger partial charge in [0.25, 0.3) is 0 Å². The molecule has 6 rings (SSSR count). The van der Waals surface area contributed by atoms with Crippen LogP contribution in [-0.4, -0.2) is 37.0 Å². The van der Waals surface area contributed by atoms with Crippen LogP contribution < -0.4 is 5.32 Å². The fraction of sp³-hybridized carbons (Fsp3) is 0.414. The lowest BCUT2D eigenvalue weighted by Crippen LogP contribution is -2.28. The normalized spacial score (nSPS) is 16.7. The average molecular weight is 569 g/mol. The van der Waals surface area contributed by atoms with Crippen LogP contribution in [0.1, 0.15) is 73.0 Å². The van der Waals surface area contributed by atoms with E-state index in [0.717, 1.165) is 30.2 Å². The summed E-state index contributed by atoms with van der Waals surface area (Å²) < 4.78 is 61.7. The third kappa shape index (κ3) is 5.47. The van der Waals surface area contributed by atoms with Crippen LogP contribution in [0.4, 0.5) is 23.4 Å². The Morgan fingerprint density at radius 2 is 1.83 bits per heavy atom. The maximum absolute atomic E-state index is 14.9. The van der Waals surface area contributed by atoms with Gasteiger partial charge in [0.2, 0.25) is 5.91 Å². The first kappa shape index (κ1) is 27.1. The summed E-state index contributed by atoms with van der Waals surface area (Å²) in [5.41, 5.74) is 1.29. The van der Waals surface area contributed by atoms with Crippen molar-refractivity contribution in [2.75, 3.05) is 5.32 Å². The number of carbonyl (C=O) groups excluding carboxylic acids is 1. The molecular formula is C29H28F4N6O2. The Kier molecular flexibility index (Phi) is 6.87. The van der Waals surface area contributed by atoms with Crippen molar-refractivity contribution < 1.29 is 26.9 Å². The number of carbonyl (C=O) groups is 1. The molecule has 1 N–H and O–H groups in total. The van der Waals surface area contributed by atoms with Crippen LogP contribution in [0, 0.1) is 12.7 Å². The van der Waals surface area contributed by atoms with Gasteiger partial charge in [0.05, 0.1) is 18.2 Å². The predicted octanol–water partition coefficient (Wildman–Crippen LogP) is 6.26. The van der Waals surface area contributed by atoms with Gasteiger partial charge in [-0.2, -0.15) is 18.3 Å². The summed E-state index contributed by atoms with van der Waals surface area (Å²) in [5.74, 6) is -1.08. The summed E-state index contributed by atoms with van der Waals surface area (Å²) in [7, 11) is 0. The number of nitrogens with one attached hydrogen (secondary N) is 1. The minimum Gasteiger partial charge on any atom is -0.358 e. The number of hydrogen-bond donors (Lipinski definition) is 1. The molecule has 2 saturated carbocycles. The van der Waals surface area contributed by atoms with Gasteiger partial charge in [-0.15, -0.1) is 0 Å². The van der Waals surface area contributed by atoms with Gasteiger partial charge in [-0.3, -0.25) is 9.48 Å². The Balaban J connectivity index is 1.07. The van der Waals surface area contributed by atoms with E-state index in [1.165, 1.54) is 25.0 Å². The van der Waals surface area contributed by atoms with Crippen molar-refractivity contribution in [3.8, 4) is 11.1 Å². The minimum absolute atomic E-state index is 0.0872. The summed E-state index contributed by atoms with van der Waals surface area (Å²) in [4.78, 5) is 21.4. The maximum atomic E-state index is 14.9. The van der Waals surface area contributed by atoms with Gasteiger partial charge < -0.3 is 9.84 Å². The first-order chi connectivity index (χ1) is 19.6. The van der Waals surface area contributed by atoms with Gasteiger partial charge in [0, 0.05) is 42.2 Å². The van der Waals surface area contributed by atoms with Gasteiger partial charge in [-0.1, -0.05) is 30.1 Å². The first-order valence-electron chi connectivity index (χ1n) is 13.6. The van der Waals surface area contributed by atoms with Crippen LogP contribution in [0.3, 0.4) is 0 Å². The lowest BCUT2D eigenvalue weighted by atomic mass is 10.0. The largest absolute Gasteiger partial charge is 0.401 e. The molecule has 0 unspecified atom stereocenters. The molecular weight excluding hydrogens is 540 g/mol. The maximum Gasteiger partial charge on any atom is 0.401 e. The Labute approximate surface area is 233 Å². The second-order valence-electron chi connectivity index (χ2n) is 10.9. The van der Waals surface area contributed by atoms with Gasteiger partial charge in [0.1, 0.15) is 17.1 Å². The van der Waals surface area contributed by atoms with Crippen molar-refractivity contribution in [1.29, 1.82) is 0 Å². The quantitative estimate of drug-likeness (QED) is 0.252. The standard InChI is InChI=1S/C29H28F4N6O2/c1-17-20(16-39(37-17)22-4-2-3-5-22)11-25-34-14-21(15-35-25)18-6-7-19(23(30)10-18)12-27(40)36-26-13-24(41-38-26)28(8-9-28)29(31,32)33/h6-7,10,13-16,22H,2-5,8-9,11-12H2,1H3,(H,36,38,40). The zero-order valence-corrected chi connectivity index (χ0v) is 22.3. The zero-order chi connectivity index (χ0) is 28.8. The molecule has 0 aliphatic heterocycles. The number of alkyl halides is 3. The van der Waals surface area contributed by atoms with Crippen LogP contribution in [0.25, 0.3) is 11.1 Å². The number of nitrogens with zero attached hydrogens (tertiary/aromatic N) is 5. The van der Waals surface area contributed by atoms with Crippen molar-refractivity contribution >= 4 is 11.7 Å². The third-order valence-electron chi connectivity index (χ3n) is 8.05. The molecule has 0 atom stereocenters. The number of anilines is 1. The van der Waals surface area contributed by atoms with E-state index in [1.54, 1.807) is 18.5 Å². The molecule has 3 aromatic heterocycles. The molecule has 214 valence electrons. The lowest BCUT2D eigenvalue weighted by Gasteiger charge is -2.14. The summed E-state index contributed by atoms with van der Waals surface area (Å²) >= 11 is 0. The number of hydrogen-bond acceptors (Lipinski definition) is 6. The van der Waals surface area contributed by atoms with Crippen molar-refractivity contribution in [3.63, 3.8) is 0 Å². The van der Waals surface area contributed by atoms with Crippen molar-refractivity contribution in [3.05, 3.63) is 77.1 Å². The molecule has 1 amide bonds. The number of halogens is 4. The number of rotatable bonds is 8. The molecule has 8 nitrogen and oxygen atoms in total. The highest BCUT2D eigenvalue weighted by Gasteiger charge is 2.66. The average Bonchev–Trinajstić information content (AvgIpc) is 3.24. The molecule has 4 aromatic rings. The molecule has 1 aromatic carbocycles.